The second kappa shape index (κ2) is 8.52. The van der Waals surface area contributed by atoms with E-state index in [1.165, 1.54) is 6.20 Å². The van der Waals surface area contributed by atoms with E-state index < -0.39 is 5.54 Å². The van der Waals surface area contributed by atoms with E-state index >= 15 is 0 Å². The standard InChI is InChI=1S/C22H27N5O3/c1-13(23)19-16(24)5-4-6-17(19)30-12-22(2,3)27-21(29)15-9-10-25-18(11-15)26-20(28)14-7-8-14/h4-6,9-11,14,23H,7-8,12,24H2,1-3H3,(H,27,29)(H,25,26,28). The van der Waals surface area contributed by atoms with Gasteiger partial charge in [0, 0.05) is 29.1 Å². The van der Waals surface area contributed by atoms with Gasteiger partial charge in [-0.3, -0.25) is 9.59 Å². The Labute approximate surface area is 175 Å². The third-order valence-electron chi connectivity index (χ3n) is 4.70. The van der Waals surface area contributed by atoms with Crippen LogP contribution in [0.5, 0.6) is 5.75 Å². The van der Waals surface area contributed by atoms with Crippen LogP contribution in [0.4, 0.5) is 11.5 Å². The number of anilines is 2. The van der Waals surface area contributed by atoms with Crippen LogP contribution in [-0.2, 0) is 4.79 Å². The summed E-state index contributed by atoms with van der Waals surface area (Å²) in [5, 5.41) is 13.6. The van der Waals surface area contributed by atoms with Crippen molar-refractivity contribution in [1.29, 1.82) is 5.41 Å². The molecular weight excluding hydrogens is 382 g/mol. The van der Waals surface area contributed by atoms with Gasteiger partial charge in [0.15, 0.2) is 0 Å². The number of nitrogens with one attached hydrogen (secondary N) is 3. The number of hydrogen-bond acceptors (Lipinski definition) is 6. The summed E-state index contributed by atoms with van der Waals surface area (Å²) in [6.45, 7) is 5.50. The van der Waals surface area contributed by atoms with Gasteiger partial charge in [-0.05, 0) is 57.9 Å². The minimum Gasteiger partial charge on any atom is -0.490 e. The summed E-state index contributed by atoms with van der Waals surface area (Å²) in [5.41, 5.74) is 6.98. The SMILES string of the molecule is CC(=N)c1c(N)cccc1OCC(C)(C)NC(=O)c1ccnc(NC(=O)C2CC2)c1. The quantitative estimate of drug-likeness (QED) is 0.393. The molecule has 1 aliphatic carbocycles. The van der Waals surface area contributed by atoms with Gasteiger partial charge in [-0.1, -0.05) is 6.07 Å². The molecule has 2 aromatic rings. The number of ether oxygens (including phenoxy) is 1. The maximum atomic E-state index is 12.7. The third kappa shape index (κ3) is 5.34. The van der Waals surface area contributed by atoms with Crippen molar-refractivity contribution in [3.8, 4) is 5.75 Å². The summed E-state index contributed by atoms with van der Waals surface area (Å²) in [4.78, 5) is 28.7. The van der Waals surface area contributed by atoms with Gasteiger partial charge in [0.2, 0.25) is 5.91 Å². The molecule has 0 radical (unpaired) electrons. The van der Waals surface area contributed by atoms with Gasteiger partial charge in [-0.15, -0.1) is 0 Å². The van der Waals surface area contributed by atoms with Crippen LogP contribution in [0.2, 0.25) is 0 Å². The molecule has 3 rings (SSSR count). The number of nitrogens with zero attached hydrogens (tertiary/aromatic N) is 1. The van der Waals surface area contributed by atoms with E-state index in [-0.39, 0.29) is 24.3 Å². The highest BCUT2D eigenvalue weighted by Gasteiger charge is 2.30. The first kappa shape index (κ1) is 21.3. The predicted molar refractivity (Wildman–Crippen MR) is 116 cm³/mol. The fourth-order valence-corrected chi connectivity index (χ4v) is 2.96. The average molecular weight is 409 g/mol. The molecule has 30 heavy (non-hydrogen) atoms. The molecule has 1 aromatic heterocycles. The molecule has 0 atom stereocenters. The molecule has 1 fully saturated rings. The number of carbonyl (C=O) groups is 2. The Balaban J connectivity index is 1.64. The molecule has 1 aromatic carbocycles. The molecule has 8 nitrogen and oxygen atoms in total. The Morgan fingerprint density at radius 1 is 1.30 bits per heavy atom. The maximum Gasteiger partial charge on any atom is 0.252 e. The van der Waals surface area contributed by atoms with E-state index in [0.29, 0.717) is 34.1 Å². The molecule has 0 bridgehead atoms. The van der Waals surface area contributed by atoms with Gasteiger partial charge >= 0.3 is 0 Å². The zero-order chi connectivity index (χ0) is 21.9. The Hall–Kier alpha value is -3.42. The fourth-order valence-electron chi connectivity index (χ4n) is 2.96. The molecule has 158 valence electrons. The highest BCUT2D eigenvalue weighted by Crippen LogP contribution is 2.30. The summed E-state index contributed by atoms with van der Waals surface area (Å²) in [7, 11) is 0. The smallest absolute Gasteiger partial charge is 0.252 e. The van der Waals surface area contributed by atoms with Gasteiger partial charge in [-0.2, -0.15) is 0 Å². The van der Waals surface area contributed by atoms with Gasteiger partial charge in [0.1, 0.15) is 18.2 Å². The van der Waals surface area contributed by atoms with Gasteiger partial charge in [0.05, 0.1) is 11.1 Å². The molecule has 5 N–H and O–H groups in total. The van der Waals surface area contributed by atoms with Crippen LogP contribution in [0, 0.1) is 11.3 Å². The summed E-state index contributed by atoms with van der Waals surface area (Å²) in [6.07, 6.45) is 3.28. The van der Waals surface area contributed by atoms with E-state index in [2.05, 4.69) is 15.6 Å². The van der Waals surface area contributed by atoms with Crippen LogP contribution < -0.4 is 21.1 Å². The molecule has 0 saturated heterocycles. The average Bonchev–Trinajstić information content (AvgIpc) is 3.51. The molecule has 0 unspecified atom stereocenters. The molecule has 1 aliphatic rings. The topological polar surface area (TPSA) is 130 Å². The zero-order valence-corrected chi connectivity index (χ0v) is 17.4. The predicted octanol–water partition coefficient (Wildman–Crippen LogP) is 2.99. The van der Waals surface area contributed by atoms with Crippen LogP contribution in [0.3, 0.4) is 0 Å². The Morgan fingerprint density at radius 2 is 2.03 bits per heavy atom. The van der Waals surface area contributed by atoms with E-state index in [9.17, 15) is 9.59 Å². The lowest BCUT2D eigenvalue weighted by Gasteiger charge is -2.27. The second-order valence-electron chi connectivity index (χ2n) is 8.17. The summed E-state index contributed by atoms with van der Waals surface area (Å²) >= 11 is 0. The summed E-state index contributed by atoms with van der Waals surface area (Å²) in [6, 6.07) is 8.38. The monoisotopic (exact) mass is 409 g/mol. The first-order chi connectivity index (χ1) is 14.2. The number of benzene rings is 1. The molecular formula is C22H27N5O3. The van der Waals surface area contributed by atoms with Crippen LogP contribution in [0.15, 0.2) is 36.5 Å². The molecule has 2 amide bonds. The first-order valence-electron chi connectivity index (χ1n) is 9.82. The van der Waals surface area contributed by atoms with Crippen molar-refractivity contribution in [3.05, 3.63) is 47.7 Å². The van der Waals surface area contributed by atoms with Gasteiger partial charge in [0.25, 0.3) is 5.91 Å². The van der Waals surface area contributed by atoms with Crippen molar-refractivity contribution in [1.82, 2.24) is 10.3 Å². The number of hydrogen-bond donors (Lipinski definition) is 4. The minimum atomic E-state index is -0.699. The summed E-state index contributed by atoms with van der Waals surface area (Å²) < 4.78 is 5.89. The van der Waals surface area contributed by atoms with Crippen molar-refractivity contribution in [2.75, 3.05) is 17.7 Å². The highest BCUT2D eigenvalue weighted by molar-refractivity contribution is 6.03. The number of carbonyl (C=O) groups excluding carboxylic acids is 2. The van der Waals surface area contributed by atoms with Crippen molar-refractivity contribution in [2.24, 2.45) is 5.92 Å². The second-order valence-corrected chi connectivity index (χ2v) is 8.17. The lowest BCUT2D eigenvalue weighted by Crippen LogP contribution is -2.48. The van der Waals surface area contributed by atoms with E-state index in [0.717, 1.165) is 12.8 Å². The molecule has 8 heteroatoms. The van der Waals surface area contributed by atoms with Crippen LogP contribution in [0.1, 0.15) is 49.5 Å². The Morgan fingerprint density at radius 3 is 2.70 bits per heavy atom. The van der Waals surface area contributed by atoms with E-state index in [4.69, 9.17) is 15.9 Å². The number of nitrogen functional groups attached to an aromatic ring is 1. The minimum absolute atomic E-state index is 0.0573. The largest absolute Gasteiger partial charge is 0.490 e. The van der Waals surface area contributed by atoms with Crippen LogP contribution in [0.25, 0.3) is 0 Å². The van der Waals surface area contributed by atoms with Crippen LogP contribution >= 0.6 is 0 Å². The number of pyridine rings is 1. The molecule has 0 spiro atoms. The number of amides is 2. The van der Waals surface area contributed by atoms with Gasteiger partial charge < -0.3 is 26.5 Å². The Kier molecular flexibility index (Phi) is 6.05. The normalized spacial score (nSPS) is 13.4. The molecule has 1 heterocycles. The number of rotatable bonds is 8. The van der Waals surface area contributed by atoms with Gasteiger partial charge in [-0.25, -0.2) is 4.98 Å². The lowest BCUT2D eigenvalue weighted by molar-refractivity contribution is -0.117. The number of nitrogens with two attached hydrogens (primary N) is 1. The fraction of sp³-hybridized carbons (Fsp3) is 0.364. The number of aromatic nitrogens is 1. The third-order valence-corrected chi connectivity index (χ3v) is 4.70. The maximum absolute atomic E-state index is 12.7. The zero-order valence-electron chi connectivity index (χ0n) is 17.4. The summed E-state index contributed by atoms with van der Waals surface area (Å²) in [5.74, 6) is 0.553. The highest BCUT2D eigenvalue weighted by atomic mass is 16.5. The first-order valence-corrected chi connectivity index (χ1v) is 9.82. The molecule has 0 aliphatic heterocycles. The van der Waals surface area contributed by atoms with Crippen molar-refractivity contribution < 1.29 is 14.3 Å². The lowest BCUT2D eigenvalue weighted by atomic mass is 10.1. The van der Waals surface area contributed by atoms with Crippen molar-refractivity contribution in [3.63, 3.8) is 0 Å². The van der Waals surface area contributed by atoms with Crippen molar-refractivity contribution in [2.45, 2.75) is 39.2 Å². The van der Waals surface area contributed by atoms with E-state index in [1.54, 1.807) is 37.3 Å². The van der Waals surface area contributed by atoms with Crippen molar-refractivity contribution >= 4 is 29.0 Å². The van der Waals surface area contributed by atoms with E-state index in [1.807, 2.05) is 13.8 Å². The molecule has 1 saturated carbocycles. The van der Waals surface area contributed by atoms with Crippen LogP contribution in [-0.4, -0.2) is 34.7 Å². The Bertz CT molecular complexity index is 982.